The van der Waals surface area contributed by atoms with Crippen LogP contribution in [-0.4, -0.2) is 15.5 Å². The van der Waals surface area contributed by atoms with Gasteiger partial charge in [0.15, 0.2) is 0 Å². The molecule has 4 heavy (non-hydrogen) atoms. The van der Waals surface area contributed by atoms with Gasteiger partial charge >= 0.3 is 51.4 Å². The Morgan fingerprint density at radius 3 is 1.00 bits per heavy atom. The van der Waals surface area contributed by atoms with Crippen LogP contribution in [0.4, 0.5) is 0 Å². The number of halogens is 3. The molecule has 0 aromatic carbocycles. The van der Waals surface area contributed by atoms with E-state index < -0.39 is 15.5 Å². The van der Waals surface area contributed by atoms with Crippen molar-refractivity contribution in [3.05, 3.63) is 0 Å². The first-order chi connectivity index (χ1) is 1.73. The molecule has 0 bridgehead atoms. The fourth-order valence-electron chi connectivity index (χ4n) is 0. The molecule has 25 valence electrons. The van der Waals surface area contributed by atoms with Gasteiger partial charge in [-0.05, 0) is 0 Å². The summed E-state index contributed by atoms with van der Waals surface area (Å²) >= 11 is 8.73. The first-order valence-corrected chi connectivity index (χ1v) is 25.9. The molecular formula is Br3Pb. The Bertz CT molecular complexity index is 8.00. The Hall–Kier alpha value is 2.36. The summed E-state index contributed by atoms with van der Waals surface area (Å²) in [5, 5.41) is 0. The molecule has 0 heterocycles. The molecule has 0 spiro atoms. The van der Waals surface area contributed by atoms with Crippen molar-refractivity contribution in [1.82, 2.24) is 0 Å². The molecule has 0 unspecified atom stereocenters. The van der Waals surface area contributed by atoms with Crippen molar-refractivity contribution >= 4 is 51.4 Å². The van der Waals surface area contributed by atoms with Crippen LogP contribution in [0, 0.1) is 0 Å². The molecular weight excluding hydrogens is 447 g/mol. The summed E-state index contributed by atoms with van der Waals surface area (Å²) in [7, 11) is 0. The maximum absolute atomic E-state index is 3.32. The summed E-state index contributed by atoms with van der Waals surface area (Å²) in [5.41, 5.74) is 0. The minimum atomic E-state index is -1.22. The third kappa shape index (κ3) is 8.84. The van der Waals surface area contributed by atoms with Crippen molar-refractivity contribution < 1.29 is 0 Å². The van der Waals surface area contributed by atoms with Crippen molar-refractivity contribution in [1.29, 1.82) is 0 Å². The Morgan fingerprint density at radius 2 is 1.00 bits per heavy atom. The van der Waals surface area contributed by atoms with Gasteiger partial charge in [-0.1, -0.05) is 0 Å². The van der Waals surface area contributed by atoms with Crippen LogP contribution in [0.1, 0.15) is 0 Å². The molecule has 0 N–H and O–H groups in total. The van der Waals surface area contributed by atoms with Crippen LogP contribution in [0.25, 0.3) is 0 Å². The van der Waals surface area contributed by atoms with Crippen LogP contribution in [0.5, 0.6) is 0 Å². The van der Waals surface area contributed by atoms with Gasteiger partial charge in [-0.3, -0.25) is 0 Å². The first kappa shape index (κ1) is 6.36. The zero-order valence-electron chi connectivity index (χ0n) is 1.63. The SMILES string of the molecule is [Br][Pb]([Br])[Br]. The Kier molecular flexibility index (Phi) is 5.64. The van der Waals surface area contributed by atoms with Gasteiger partial charge in [0.05, 0.1) is 0 Å². The zero-order chi connectivity index (χ0) is 3.58. The molecule has 0 fully saturated rings. The quantitative estimate of drug-likeness (QED) is 0.500. The molecule has 4 heteroatoms. The van der Waals surface area contributed by atoms with E-state index in [-0.39, 0.29) is 0 Å². The van der Waals surface area contributed by atoms with Crippen molar-refractivity contribution in [3.8, 4) is 0 Å². The van der Waals surface area contributed by atoms with E-state index >= 15 is 0 Å². The van der Waals surface area contributed by atoms with Crippen LogP contribution in [0.15, 0.2) is 0 Å². The molecule has 0 aliphatic heterocycles. The molecule has 0 saturated heterocycles. The van der Waals surface area contributed by atoms with Crippen LogP contribution < -0.4 is 0 Å². The van der Waals surface area contributed by atoms with E-state index in [0.29, 0.717) is 0 Å². The Balaban J connectivity index is 2.32. The van der Waals surface area contributed by atoms with Gasteiger partial charge in [0.2, 0.25) is 0 Å². The second kappa shape index (κ2) is 3.55. The van der Waals surface area contributed by atoms with E-state index in [2.05, 4.69) is 36.0 Å². The van der Waals surface area contributed by atoms with E-state index in [0.717, 1.165) is 0 Å². The molecule has 0 aliphatic rings. The molecule has 0 aromatic heterocycles. The van der Waals surface area contributed by atoms with Gasteiger partial charge in [-0.2, -0.15) is 0 Å². The predicted octanol–water partition coefficient (Wildman–Crippen LogP) is 2.16. The molecule has 0 aromatic rings. The van der Waals surface area contributed by atoms with E-state index in [9.17, 15) is 0 Å². The van der Waals surface area contributed by atoms with Crippen molar-refractivity contribution in [2.75, 3.05) is 0 Å². The monoisotopic (exact) mass is 445 g/mol. The van der Waals surface area contributed by atoms with E-state index in [1.54, 1.807) is 0 Å². The Labute approximate surface area is 50.4 Å². The number of hydrogen-bond donors (Lipinski definition) is 0. The number of rotatable bonds is 0. The maximum atomic E-state index is 3.32. The summed E-state index contributed by atoms with van der Waals surface area (Å²) in [6.45, 7) is 0. The Morgan fingerprint density at radius 1 is 1.00 bits per heavy atom. The van der Waals surface area contributed by atoms with Crippen LogP contribution in [-0.2, 0) is 0 Å². The van der Waals surface area contributed by atoms with E-state index in [1.165, 1.54) is 0 Å². The standard InChI is InChI=1S/3BrH.Pb/h3*1H;/q;;;+3/p-3. The second-order valence-corrected chi connectivity index (χ2v) is 50.8. The fraction of sp³-hybridized carbons (Fsp3) is 0. The van der Waals surface area contributed by atoms with Crippen LogP contribution in [0.2, 0.25) is 0 Å². The van der Waals surface area contributed by atoms with Gasteiger partial charge in [0.1, 0.15) is 0 Å². The van der Waals surface area contributed by atoms with Gasteiger partial charge in [-0.25, -0.2) is 0 Å². The molecule has 1 radical (unpaired) electrons. The van der Waals surface area contributed by atoms with E-state index in [4.69, 9.17) is 0 Å². The molecule has 0 saturated carbocycles. The summed E-state index contributed by atoms with van der Waals surface area (Å²) in [5.74, 6) is 0. The van der Waals surface area contributed by atoms with Crippen molar-refractivity contribution in [2.24, 2.45) is 0 Å². The molecule has 0 amide bonds. The average molecular weight is 447 g/mol. The zero-order valence-corrected chi connectivity index (χ0v) is 10.3. The molecule has 0 nitrogen and oxygen atoms in total. The van der Waals surface area contributed by atoms with E-state index in [1.807, 2.05) is 0 Å². The van der Waals surface area contributed by atoms with Gasteiger partial charge < -0.3 is 0 Å². The van der Waals surface area contributed by atoms with Gasteiger partial charge in [0.25, 0.3) is 0 Å². The van der Waals surface area contributed by atoms with Gasteiger partial charge in [0, 0.05) is 0 Å². The summed E-state index contributed by atoms with van der Waals surface area (Å²) in [4.78, 5) is 0. The first-order valence-electron chi connectivity index (χ1n) is 0.567. The third-order valence-corrected chi connectivity index (χ3v) is 0. The molecule has 0 atom stereocenters. The summed E-state index contributed by atoms with van der Waals surface area (Å²) in [6.07, 6.45) is 0. The van der Waals surface area contributed by atoms with Crippen molar-refractivity contribution in [2.45, 2.75) is 0 Å². The fourth-order valence-corrected chi connectivity index (χ4v) is 0. The van der Waals surface area contributed by atoms with Crippen LogP contribution >= 0.6 is 36.0 Å². The van der Waals surface area contributed by atoms with Gasteiger partial charge in [-0.15, -0.1) is 0 Å². The molecule has 0 aliphatic carbocycles. The second-order valence-electron chi connectivity index (χ2n) is 0.214. The topological polar surface area (TPSA) is 0 Å². The average Bonchev–Trinajstić information content (AvgIpc) is 0.811. The number of hydrogen-bond acceptors (Lipinski definition) is 0. The molecule has 0 rings (SSSR count). The minimum absolute atomic E-state index is 1.22. The van der Waals surface area contributed by atoms with Crippen molar-refractivity contribution in [3.63, 3.8) is 0 Å². The predicted molar refractivity (Wildman–Crippen MR) is 32.5 cm³/mol. The van der Waals surface area contributed by atoms with Crippen LogP contribution in [0.3, 0.4) is 0 Å². The summed E-state index contributed by atoms with van der Waals surface area (Å²) < 4.78 is 0. The summed E-state index contributed by atoms with van der Waals surface area (Å²) in [6, 6.07) is 0. The third-order valence-electron chi connectivity index (χ3n) is 0. The normalized spacial score (nSPS) is 9.00.